The molecule has 0 bridgehead atoms. The largest absolute Gasteiger partial charge is 0.491 e. The van der Waals surface area contributed by atoms with Gasteiger partial charge in [-0.2, -0.15) is 0 Å². The minimum Gasteiger partial charge on any atom is -0.491 e. The molecule has 0 atom stereocenters. The highest BCUT2D eigenvalue weighted by Gasteiger charge is 2.16. The van der Waals surface area contributed by atoms with E-state index in [0.29, 0.717) is 11.3 Å². The molecule has 26 heavy (non-hydrogen) atoms. The molecule has 3 aromatic rings. The second-order valence-corrected chi connectivity index (χ2v) is 6.93. The van der Waals surface area contributed by atoms with Crippen LogP contribution in [0, 0.1) is 11.6 Å². The summed E-state index contributed by atoms with van der Waals surface area (Å²) >= 11 is 2.98. The molecule has 2 aromatic carbocycles. The summed E-state index contributed by atoms with van der Waals surface area (Å²) in [6.45, 7) is 0. The number of carbonyl (C=O) groups excluding carboxylic acids is 1. The summed E-state index contributed by atoms with van der Waals surface area (Å²) in [6, 6.07) is 9.08. The summed E-state index contributed by atoms with van der Waals surface area (Å²) in [7, 11) is 1.18. The molecule has 0 spiro atoms. The molecule has 0 aliphatic heterocycles. The maximum absolute atomic E-state index is 13.8. The summed E-state index contributed by atoms with van der Waals surface area (Å²) in [5, 5.41) is 4.47. The maximum Gasteiger partial charge on any atom is 0.256 e. The Labute approximate surface area is 157 Å². The smallest absolute Gasteiger partial charge is 0.256 e. The zero-order chi connectivity index (χ0) is 18.5. The van der Waals surface area contributed by atoms with E-state index >= 15 is 0 Å². The van der Waals surface area contributed by atoms with Crippen molar-refractivity contribution < 1.29 is 18.3 Å². The number of thiazole rings is 1. The predicted octanol–water partition coefficient (Wildman–Crippen LogP) is 4.97. The average molecular weight is 392 g/mol. The van der Waals surface area contributed by atoms with Gasteiger partial charge in [0.1, 0.15) is 0 Å². The van der Waals surface area contributed by atoms with E-state index in [9.17, 15) is 13.6 Å². The third-order valence-electron chi connectivity index (χ3n) is 3.45. The summed E-state index contributed by atoms with van der Waals surface area (Å²) in [5.74, 6) is -2.07. The highest BCUT2D eigenvalue weighted by Crippen LogP contribution is 2.28. The highest BCUT2D eigenvalue weighted by atomic mass is 32.2. The summed E-state index contributed by atoms with van der Waals surface area (Å²) < 4.78 is 32.2. The van der Waals surface area contributed by atoms with Crippen LogP contribution < -0.4 is 10.1 Å². The zero-order valence-corrected chi connectivity index (χ0v) is 15.3. The van der Waals surface area contributed by atoms with E-state index in [1.165, 1.54) is 30.2 Å². The van der Waals surface area contributed by atoms with Gasteiger partial charge < -0.3 is 10.1 Å². The average Bonchev–Trinajstić information content (AvgIpc) is 3.13. The van der Waals surface area contributed by atoms with Crippen LogP contribution in [-0.4, -0.2) is 18.0 Å². The monoisotopic (exact) mass is 392 g/mol. The van der Waals surface area contributed by atoms with Crippen LogP contribution in [0.3, 0.4) is 0 Å². The normalized spacial score (nSPS) is 10.6. The van der Waals surface area contributed by atoms with Crippen LogP contribution in [0.25, 0.3) is 0 Å². The van der Waals surface area contributed by atoms with Crippen molar-refractivity contribution in [3.05, 3.63) is 70.2 Å². The molecule has 1 N–H and O–H groups in total. The predicted molar refractivity (Wildman–Crippen MR) is 99.0 cm³/mol. The molecule has 8 heteroatoms. The first-order chi connectivity index (χ1) is 12.6. The van der Waals surface area contributed by atoms with E-state index < -0.39 is 23.3 Å². The van der Waals surface area contributed by atoms with E-state index in [2.05, 4.69) is 15.0 Å². The Balaban J connectivity index is 1.78. The van der Waals surface area contributed by atoms with Crippen LogP contribution in [0.4, 0.5) is 14.5 Å². The lowest BCUT2D eigenvalue weighted by atomic mass is 10.2. The van der Waals surface area contributed by atoms with Gasteiger partial charge in [-0.15, -0.1) is 23.1 Å². The van der Waals surface area contributed by atoms with Crippen LogP contribution in [0.1, 0.15) is 16.1 Å². The maximum atomic E-state index is 13.8. The quantitative estimate of drug-likeness (QED) is 0.602. The first-order valence-electron chi connectivity index (χ1n) is 7.51. The number of hydrogen-bond acceptors (Lipinski definition) is 5. The highest BCUT2D eigenvalue weighted by molar-refractivity contribution is 7.98. The second-order valence-electron chi connectivity index (χ2n) is 5.19. The first-order valence-corrected chi connectivity index (χ1v) is 9.44. The molecule has 0 aliphatic carbocycles. The van der Waals surface area contributed by atoms with Gasteiger partial charge in [0, 0.05) is 33.8 Å². The van der Waals surface area contributed by atoms with Crippen molar-refractivity contribution in [3.8, 4) is 5.75 Å². The first kappa shape index (κ1) is 18.3. The van der Waals surface area contributed by atoms with Crippen LogP contribution in [0.2, 0.25) is 0 Å². The number of anilines is 1. The minimum atomic E-state index is -0.881. The van der Waals surface area contributed by atoms with E-state index in [1.807, 2.05) is 17.5 Å². The Kier molecular flexibility index (Phi) is 5.85. The lowest BCUT2D eigenvalue weighted by Gasteiger charge is -2.11. The molecule has 0 saturated heterocycles. The van der Waals surface area contributed by atoms with Crippen molar-refractivity contribution in [2.75, 3.05) is 12.4 Å². The van der Waals surface area contributed by atoms with Gasteiger partial charge in [0.15, 0.2) is 17.4 Å². The standard InChI is InChI=1S/C18H14F2N2O2S2/c1-24-17-14(19)6-11(7-15(17)20)22-18(23)13-4-2-3-5-16(13)26-9-12-8-25-10-21-12/h2-8,10H,9H2,1H3,(H,22,23). The van der Waals surface area contributed by atoms with Crippen molar-refractivity contribution in [2.24, 2.45) is 0 Å². The SMILES string of the molecule is COc1c(F)cc(NC(=O)c2ccccc2SCc2cscn2)cc1F. The Bertz CT molecular complexity index is 894. The number of rotatable bonds is 6. The van der Waals surface area contributed by atoms with Gasteiger partial charge in [0.2, 0.25) is 0 Å². The molecule has 0 fully saturated rings. The van der Waals surface area contributed by atoms with E-state index in [0.717, 1.165) is 22.7 Å². The second kappa shape index (κ2) is 8.29. The lowest BCUT2D eigenvalue weighted by molar-refractivity contribution is 0.102. The van der Waals surface area contributed by atoms with Gasteiger partial charge in [-0.3, -0.25) is 4.79 Å². The molecule has 0 unspecified atom stereocenters. The van der Waals surface area contributed by atoms with E-state index in [1.54, 1.807) is 17.6 Å². The van der Waals surface area contributed by atoms with Gasteiger partial charge in [0.05, 0.1) is 23.9 Å². The van der Waals surface area contributed by atoms with Crippen molar-refractivity contribution in [2.45, 2.75) is 10.6 Å². The molecule has 0 saturated carbocycles. The molecule has 1 heterocycles. The fourth-order valence-electron chi connectivity index (χ4n) is 2.27. The summed E-state index contributed by atoms with van der Waals surface area (Å²) in [6.07, 6.45) is 0. The van der Waals surface area contributed by atoms with Gasteiger partial charge in [-0.05, 0) is 12.1 Å². The van der Waals surface area contributed by atoms with Crippen LogP contribution in [0.5, 0.6) is 5.75 Å². The number of nitrogens with one attached hydrogen (secondary N) is 1. The number of amides is 1. The number of thioether (sulfide) groups is 1. The number of aromatic nitrogens is 1. The van der Waals surface area contributed by atoms with Gasteiger partial charge >= 0.3 is 0 Å². The molecule has 1 amide bonds. The van der Waals surface area contributed by atoms with Gasteiger partial charge in [-0.25, -0.2) is 13.8 Å². The summed E-state index contributed by atoms with van der Waals surface area (Å²) in [4.78, 5) is 17.5. The van der Waals surface area contributed by atoms with Crippen LogP contribution in [0.15, 0.2) is 52.2 Å². The van der Waals surface area contributed by atoms with E-state index in [-0.39, 0.29) is 5.69 Å². The van der Waals surface area contributed by atoms with Crippen LogP contribution in [-0.2, 0) is 5.75 Å². The molecular formula is C18H14F2N2O2S2. The Hall–Kier alpha value is -2.45. The third-order valence-corrected chi connectivity index (χ3v) is 5.19. The number of nitrogens with zero attached hydrogens (tertiary/aromatic N) is 1. The van der Waals surface area contributed by atoms with Crippen molar-refractivity contribution in [1.29, 1.82) is 0 Å². The molecule has 3 rings (SSSR count). The van der Waals surface area contributed by atoms with Gasteiger partial charge in [0.25, 0.3) is 5.91 Å². The topological polar surface area (TPSA) is 51.2 Å². The minimum absolute atomic E-state index is 0.0186. The fraction of sp³-hybridized carbons (Fsp3) is 0.111. The number of halogens is 2. The molecule has 0 aliphatic rings. The van der Waals surface area contributed by atoms with E-state index in [4.69, 9.17) is 0 Å². The van der Waals surface area contributed by atoms with Crippen molar-refractivity contribution in [1.82, 2.24) is 4.98 Å². The summed E-state index contributed by atoms with van der Waals surface area (Å²) in [5.41, 5.74) is 3.12. The molecule has 134 valence electrons. The third kappa shape index (κ3) is 4.20. The number of methoxy groups -OCH3 is 1. The Morgan fingerprint density at radius 3 is 2.65 bits per heavy atom. The molecule has 0 radical (unpaired) electrons. The van der Waals surface area contributed by atoms with Crippen molar-refractivity contribution >= 4 is 34.7 Å². The van der Waals surface area contributed by atoms with Crippen molar-refractivity contribution in [3.63, 3.8) is 0 Å². The Morgan fingerprint density at radius 1 is 1.27 bits per heavy atom. The van der Waals surface area contributed by atoms with Gasteiger partial charge in [-0.1, -0.05) is 12.1 Å². The van der Waals surface area contributed by atoms with Crippen LogP contribution >= 0.6 is 23.1 Å². The Morgan fingerprint density at radius 2 is 2.00 bits per heavy atom. The molecular weight excluding hydrogens is 378 g/mol. The number of hydrogen-bond donors (Lipinski definition) is 1. The molecule has 1 aromatic heterocycles. The molecule has 4 nitrogen and oxygen atoms in total. The zero-order valence-electron chi connectivity index (χ0n) is 13.7. The fourth-order valence-corrected chi connectivity index (χ4v) is 3.88. The number of benzene rings is 2. The lowest BCUT2D eigenvalue weighted by Crippen LogP contribution is -2.13. The number of carbonyl (C=O) groups is 1. The number of ether oxygens (including phenoxy) is 1.